The number of amides is 1. The Morgan fingerprint density at radius 3 is 2.45 bits per heavy atom. The summed E-state index contributed by atoms with van der Waals surface area (Å²) in [7, 11) is 1.60. The lowest BCUT2D eigenvalue weighted by molar-refractivity contribution is 0.0724. The summed E-state index contributed by atoms with van der Waals surface area (Å²) >= 11 is 0. The molecule has 1 amide bonds. The first-order valence-corrected chi connectivity index (χ1v) is 10.7. The van der Waals surface area contributed by atoms with Crippen molar-refractivity contribution in [3.63, 3.8) is 0 Å². The van der Waals surface area contributed by atoms with Crippen LogP contribution in [0.1, 0.15) is 70.3 Å². The quantitative estimate of drug-likeness (QED) is 0.736. The number of methoxy groups -OCH3 is 1. The van der Waals surface area contributed by atoms with Crippen molar-refractivity contribution in [2.45, 2.75) is 66.0 Å². The zero-order valence-corrected chi connectivity index (χ0v) is 19.3. The highest BCUT2D eigenvalue weighted by Gasteiger charge is 2.30. The highest BCUT2D eigenvalue weighted by Crippen LogP contribution is 2.28. The van der Waals surface area contributed by atoms with Gasteiger partial charge in [-0.05, 0) is 60.5 Å². The summed E-state index contributed by atoms with van der Waals surface area (Å²) in [5, 5.41) is 2.95. The summed E-state index contributed by atoms with van der Waals surface area (Å²) in [5.41, 5.74) is 1.78. The first-order chi connectivity index (χ1) is 13.4. The largest absolute Gasteiger partial charge is 0.497 e. The SMILES string of the molecule is COc1cc(C(=O)NC[C@@H]2CCN(CCC(C)(C)C)C[C@@H]2F)cc(C(C)(C)C)c1. The average molecular weight is 407 g/mol. The zero-order valence-electron chi connectivity index (χ0n) is 19.3. The summed E-state index contributed by atoms with van der Waals surface area (Å²) in [6.07, 6.45) is 0.934. The van der Waals surface area contributed by atoms with Crippen LogP contribution in [-0.4, -0.2) is 50.3 Å². The topological polar surface area (TPSA) is 41.6 Å². The van der Waals surface area contributed by atoms with Crippen molar-refractivity contribution in [2.24, 2.45) is 11.3 Å². The predicted octanol–water partition coefficient (Wildman–Crippen LogP) is 4.82. The van der Waals surface area contributed by atoms with E-state index in [0.29, 0.717) is 24.4 Å². The van der Waals surface area contributed by atoms with E-state index < -0.39 is 6.17 Å². The maximum Gasteiger partial charge on any atom is 0.251 e. The number of piperidine rings is 1. The molecule has 1 heterocycles. The Balaban J connectivity index is 1.93. The minimum atomic E-state index is -0.903. The van der Waals surface area contributed by atoms with Gasteiger partial charge >= 0.3 is 0 Å². The molecule has 4 nitrogen and oxygen atoms in total. The van der Waals surface area contributed by atoms with Crippen LogP contribution in [0, 0.1) is 11.3 Å². The third-order valence-electron chi connectivity index (χ3n) is 5.73. The monoisotopic (exact) mass is 406 g/mol. The lowest BCUT2D eigenvalue weighted by Gasteiger charge is -2.36. The molecule has 2 rings (SSSR count). The molecule has 0 saturated carbocycles. The van der Waals surface area contributed by atoms with E-state index in [4.69, 9.17) is 4.74 Å². The van der Waals surface area contributed by atoms with Crippen molar-refractivity contribution < 1.29 is 13.9 Å². The number of nitrogens with one attached hydrogen (secondary N) is 1. The molecule has 0 aromatic heterocycles. The van der Waals surface area contributed by atoms with Crippen molar-refractivity contribution in [1.29, 1.82) is 0 Å². The number of likely N-dealkylation sites (tertiary alicyclic amines) is 1. The molecular formula is C24H39FN2O2. The fraction of sp³-hybridized carbons (Fsp3) is 0.708. The second kappa shape index (κ2) is 9.46. The summed E-state index contributed by atoms with van der Waals surface area (Å²) in [5.74, 6) is 0.368. The minimum Gasteiger partial charge on any atom is -0.497 e. The van der Waals surface area contributed by atoms with Gasteiger partial charge in [-0.2, -0.15) is 0 Å². The predicted molar refractivity (Wildman–Crippen MR) is 118 cm³/mol. The Bertz CT molecular complexity index is 691. The van der Waals surface area contributed by atoms with E-state index in [-0.39, 0.29) is 22.7 Å². The van der Waals surface area contributed by atoms with Crippen LogP contribution in [0.25, 0.3) is 0 Å². The number of benzene rings is 1. The molecule has 1 aromatic rings. The van der Waals surface area contributed by atoms with Crippen LogP contribution in [0.15, 0.2) is 18.2 Å². The van der Waals surface area contributed by atoms with Gasteiger partial charge in [0.05, 0.1) is 7.11 Å². The number of nitrogens with zero attached hydrogens (tertiary/aromatic N) is 1. The summed E-state index contributed by atoms with van der Waals surface area (Å²) < 4.78 is 20.1. The molecule has 1 aromatic carbocycles. The lowest BCUT2D eigenvalue weighted by Crippen LogP contribution is -2.46. The average Bonchev–Trinajstić information content (AvgIpc) is 2.63. The van der Waals surface area contributed by atoms with E-state index in [0.717, 1.165) is 31.5 Å². The van der Waals surface area contributed by atoms with Crippen LogP contribution in [-0.2, 0) is 5.41 Å². The number of alkyl halides is 1. The fourth-order valence-corrected chi connectivity index (χ4v) is 3.55. The fourth-order valence-electron chi connectivity index (χ4n) is 3.55. The molecule has 1 N–H and O–H groups in total. The van der Waals surface area contributed by atoms with E-state index >= 15 is 0 Å². The van der Waals surface area contributed by atoms with Gasteiger partial charge in [0, 0.05) is 24.6 Å². The van der Waals surface area contributed by atoms with Crippen LogP contribution in [0.4, 0.5) is 4.39 Å². The molecule has 164 valence electrons. The van der Waals surface area contributed by atoms with Crippen LogP contribution in [0.3, 0.4) is 0 Å². The molecule has 0 unspecified atom stereocenters. The lowest BCUT2D eigenvalue weighted by atomic mass is 9.86. The molecule has 1 aliphatic rings. The van der Waals surface area contributed by atoms with E-state index in [1.807, 2.05) is 12.1 Å². The van der Waals surface area contributed by atoms with Gasteiger partial charge in [-0.1, -0.05) is 41.5 Å². The van der Waals surface area contributed by atoms with Gasteiger partial charge in [0.15, 0.2) is 0 Å². The summed E-state index contributed by atoms with van der Waals surface area (Å²) in [6.45, 7) is 15.6. The number of halogens is 1. The Morgan fingerprint density at radius 2 is 1.90 bits per heavy atom. The molecule has 1 fully saturated rings. The number of carbonyl (C=O) groups excluding carboxylic acids is 1. The molecule has 2 atom stereocenters. The van der Waals surface area contributed by atoms with Crippen LogP contribution in [0.5, 0.6) is 5.75 Å². The van der Waals surface area contributed by atoms with Crippen molar-refractivity contribution in [1.82, 2.24) is 10.2 Å². The van der Waals surface area contributed by atoms with Gasteiger partial charge < -0.3 is 15.0 Å². The number of ether oxygens (including phenoxy) is 1. The second-order valence-corrected chi connectivity index (χ2v) is 10.6. The van der Waals surface area contributed by atoms with Gasteiger partial charge in [0.1, 0.15) is 11.9 Å². The van der Waals surface area contributed by atoms with Crippen LogP contribution >= 0.6 is 0 Å². The molecule has 0 aliphatic carbocycles. The molecule has 5 heteroatoms. The van der Waals surface area contributed by atoms with E-state index in [2.05, 4.69) is 51.8 Å². The molecule has 0 radical (unpaired) electrons. The van der Waals surface area contributed by atoms with Crippen molar-refractivity contribution >= 4 is 5.91 Å². The zero-order chi connectivity index (χ0) is 21.8. The Morgan fingerprint density at radius 1 is 1.21 bits per heavy atom. The molecule has 0 bridgehead atoms. The summed E-state index contributed by atoms with van der Waals surface area (Å²) in [4.78, 5) is 14.9. The highest BCUT2D eigenvalue weighted by molar-refractivity contribution is 5.94. The third-order valence-corrected chi connectivity index (χ3v) is 5.73. The second-order valence-electron chi connectivity index (χ2n) is 10.6. The molecule has 29 heavy (non-hydrogen) atoms. The number of hydrogen-bond donors (Lipinski definition) is 1. The van der Waals surface area contributed by atoms with Gasteiger partial charge in [0.2, 0.25) is 0 Å². The Labute approximate surface area is 176 Å². The standard InChI is InChI=1S/C24H39FN2O2/c1-23(2,3)9-11-27-10-8-17(21(25)16-27)15-26-22(28)18-12-19(24(4,5)6)14-20(13-18)29-7/h12-14,17,21H,8-11,15-16H2,1-7H3,(H,26,28)/t17-,21-/m0/s1. The molecule has 0 spiro atoms. The number of hydrogen-bond acceptors (Lipinski definition) is 3. The van der Waals surface area contributed by atoms with Gasteiger partial charge in [-0.25, -0.2) is 4.39 Å². The van der Waals surface area contributed by atoms with Crippen LogP contribution < -0.4 is 10.1 Å². The van der Waals surface area contributed by atoms with E-state index in [1.165, 1.54) is 0 Å². The molecular weight excluding hydrogens is 367 g/mol. The highest BCUT2D eigenvalue weighted by atomic mass is 19.1. The van der Waals surface area contributed by atoms with Crippen LogP contribution in [0.2, 0.25) is 0 Å². The van der Waals surface area contributed by atoms with Gasteiger partial charge in [0.25, 0.3) is 5.91 Å². The van der Waals surface area contributed by atoms with Gasteiger partial charge in [-0.15, -0.1) is 0 Å². The molecule has 1 aliphatic heterocycles. The maximum absolute atomic E-state index is 14.7. The van der Waals surface area contributed by atoms with E-state index in [1.54, 1.807) is 13.2 Å². The Kier molecular flexibility index (Phi) is 7.72. The van der Waals surface area contributed by atoms with Crippen molar-refractivity contribution in [3.05, 3.63) is 29.3 Å². The third kappa shape index (κ3) is 7.29. The smallest absolute Gasteiger partial charge is 0.251 e. The first-order valence-electron chi connectivity index (χ1n) is 10.7. The van der Waals surface area contributed by atoms with E-state index in [9.17, 15) is 9.18 Å². The number of carbonyl (C=O) groups is 1. The van der Waals surface area contributed by atoms with Crippen molar-refractivity contribution in [3.8, 4) is 5.75 Å². The van der Waals surface area contributed by atoms with Crippen molar-refractivity contribution in [2.75, 3.05) is 33.3 Å². The molecule has 1 saturated heterocycles. The minimum absolute atomic E-state index is 0.0898. The number of rotatable bonds is 6. The first kappa shape index (κ1) is 23.7. The Hall–Kier alpha value is -1.62. The van der Waals surface area contributed by atoms with Gasteiger partial charge in [-0.3, -0.25) is 4.79 Å². The summed E-state index contributed by atoms with van der Waals surface area (Å²) in [6, 6.07) is 5.61. The maximum atomic E-state index is 14.7. The normalized spacial score (nSPS) is 21.1.